The van der Waals surface area contributed by atoms with E-state index in [1.165, 1.54) is 18.4 Å². The Bertz CT molecular complexity index is 1020. The van der Waals surface area contributed by atoms with Gasteiger partial charge in [-0.25, -0.2) is 0 Å². The average Bonchev–Trinajstić information content (AvgIpc) is 3.22. The van der Waals surface area contributed by atoms with Crippen molar-refractivity contribution in [3.63, 3.8) is 0 Å². The molecule has 0 aromatic heterocycles. The van der Waals surface area contributed by atoms with Crippen molar-refractivity contribution in [2.45, 2.75) is 85.0 Å². The Kier molecular flexibility index (Phi) is 5.97. The Hall–Kier alpha value is -2.20. The molecule has 1 aromatic rings. The number of hydrogen-bond donors (Lipinski definition) is 0. The molecule has 1 fully saturated rings. The highest BCUT2D eigenvalue weighted by molar-refractivity contribution is 5.47. The second-order valence-electron chi connectivity index (χ2n) is 11.1. The highest BCUT2D eigenvalue weighted by atomic mass is 16.7. The van der Waals surface area contributed by atoms with Crippen LogP contribution in [0.15, 0.2) is 47.8 Å². The maximum Gasteiger partial charge on any atom is 0.236 e. The zero-order chi connectivity index (χ0) is 24.1. The van der Waals surface area contributed by atoms with Gasteiger partial charge in [0.05, 0.1) is 19.8 Å². The van der Waals surface area contributed by atoms with E-state index in [1.54, 1.807) is 14.2 Å². The molecule has 4 nitrogen and oxygen atoms in total. The molecule has 0 unspecified atom stereocenters. The van der Waals surface area contributed by atoms with Gasteiger partial charge in [0.2, 0.25) is 5.79 Å². The van der Waals surface area contributed by atoms with E-state index in [1.807, 2.05) is 6.07 Å². The van der Waals surface area contributed by atoms with Crippen molar-refractivity contribution in [2.75, 3.05) is 14.2 Å². The summed E-state index contributed by atoms with van der Waals surface area (Å²) in [4.78, 5) is 0. The maximum atomic E-state index is 6.74. The van der Waals surface area contributed by atoms with Crippen LogP contribution < -0.4 is 9.47 Å². The Labute approximate surface area is 199 Å². The Morgan fingerprint density at radius 3 is 2.45 bits per heavy atom. The third-order valence-corrected chi connectivity index (χ3v) is 8.17. The Balaban J connectivity index is 1.59. The summed E-state index contributed by atoms with van der Waals surface area (Å²) in [5, 5.41) is 0. The minimum atomic E-state index is -0.695. The summed E-state index contributed by atoms with van der Waals surface area (Å²) in [6.07, 6.45) is 14.0. The number of rotatable bonds is 6. The first-order chi connectivity index (χ1) is 15.5. The lowest BCUT2D eigenvalue weighted by atomic mass is 9.61. The molecule has 4 heteroatoms. The topological polar surface area (TPSA) is 36.9 Å². The summed E-state index contributed by atoms with van der Waals surface area (Å²) in [7, 11) is 3.43. The summed E-state index contributed by atoms with van der Waals surface area (Å²) >= 11 is 0. The van der Waals surface area contributed by atoms with Gasteiger partial charge in [-0.3, -0.25) is 0 Å². The van der Waals surface area contributed by atoms with Gasteiger partial charge in [-0.2, -0.15) is 0 Å². The number of methoxy groups -OCH3 is 2. The maximum absolute atomic E-state index is 6.74. The van der Waals surface area contributed by atoms with Crippen LogP contribution in [0.25, 0.3) is 0 Å². The van der Waals surface area contributed by atoms with Crippen LogP contribution >= 0.6 is 0 Å². The van der Waals surface area contributed by atoms with Gasteiger partial charge in [-0.15, -0.1) is 0 Å². The molecular formula is C29H40O4. The van der Waals surface area contributed by atoms with Crippen molar-refractivity contribution in [3.8, 4) is 11.5 Å². The number of fused-ring (bicyclic) bond motifs is 2. The summed E-state index contributed by atoms with van der Waals surface area (Å²) in [5.74, 6) is 2.10. The molecule has 0 amide bonds. The van der Waals surface area contributed by atoms with Gasteiger partial charge < -0.3 is 18.9 Å². The minimum Gasteiger partial charge on any atom is -0.497 e. The first-order valence-corrected chi connectivity index (χ1v) is 12.1. The number of allylic oxidation sites excluding steroid dienone is 3. The van der Waals surface area contributed by atoms with Gasteiger partial charge in [0.1, 0.15) is 17.3 Å². The standard InChI is InChI=1S/C29H40O4/c1-20(10-11-22-18-23(30-7)17-21(2)25(22)31-8)16-24-19-27(5)12-9-13-28(27,6)29(32-24)15-14-26(3,4)33-29/h10,14-15,17-19H,9,11-13,16H2,1-8H3/b20-10+/t27-,28-,29-/m0/s1. The van der Waals surface area contributed by atoms with E-state index in [-0.39, 0.29) is 16.4 Å². The molecule has 4 rings (SSSR count). The lowest BCUT2D eigenvalue weighted by Gasteiger charge is -2.54. The molecule has 180 valence electrons. The van der Waals surface area contributed by atoms with Crippen molar-refractivity contribution < 1.29 is 18.9 Å². The van der Waals surface area contributed by atoms with Crippen LogP contribution in [0.1, 0.15) is 71.4 Å². The summed E-state index contributed by atoms with van der Waals surface area (Å²) in [5.41, 5.74) is 3.14. The van der Waals surface area contributed by atoms with Gasteiger partial charge >= 0.3 is 0 Å². The van der Waals surface area contributed by atoms with E-state index in [0.717, 1.165) is 47.6 Å². The van der Waals surface area contributed by atoms with Crippen LogP contribution in [0.4, 0.5) is 0 Å². The van der Waals surface area contributed by atoms with E-state index < -0.39 is 5.79 Å². The molecule has 3 aliphatic rings. The fraction of sp³-hybridized carbons (Fsp3) is 0.586. The number of aryl methyl sites for hydroxylation is 1. The van der Waals surface area contributed by atoms with Crippen molar-refractivity contribution in [1.82, 2.24) is 0 Å². The monoisotopic (exact) mass is 452 g/mol. The third kappa shape index (κ3) is 4.01. The van der Waals surface area contributed by atoms with Crippen molar-refractivity contribution in [3.05, 3.63) is 58.9 Å². The average molecular weight is 453 g/mol. The smallest absolute Gasteiger partial charge is 0.236 e. The second-order valence-corrected chi connectivity index (χ2v) is 11.1. The number of benzene rings is 1. The molecule has 2 heterocycles. The van der Waals surface area contributed by atoms with Crippen LogP contribution in [0.3, 0.4) is 0 Å². The first-order valence-electron chi connectivity index (χ1n) is 12.1. The molecule has 1 aliphatic carbocycles. The fourth-order valence-corrected chi connectivity index (χ4v) is 6.08. The number of ether oxygens (including phenoxy) is 4. The van der Waals surface area contributed by atoms with Gasteiger partial charge in [0.25, 0.3) is 0 Å². The predicted molar refractivity (Wildman–Crippen MR) is 133 cm³/mol. The first kappa shape index (κ1) is 23.9. The Morgan fingerprint density at radius 2 is 1.82 bits per heavy atom. The molecule has 0 bridgehead atoms. The molecule has 0 N–H and O–H groups in total. The minimum absolute atomic E-state index is 0.0543. The lowest BCUT2D eigenvalue weighted by molar-refractivity contribution is -0.292. The predicted octanol–water partition coefficient (Wildman–Crippen LogP) is 7.06. The van der Waals surface area contributed by atoms with Crippen molar-refractivity contribution in [1.29, 1.82) is 0 Å². The summed E-state index contributed by atoms with van der Waals surface area (Å²) in [6, 6.07) is 4.07. The Morgan fingerprint density at radius 1 is 1.06 bits per heavy atom. The van der Waals surface area contributed by atoms with Gasteiger partial charge in [0, 0.05) is 22.8 Å². The molecule has 0 radical (unpaired) electrons. The molecule has 1 saturated carbocycles. The van der Waals surface area contributed by atoms with E-state index >= 15 is 0 Å². The molecule has 1 spiro atoms. The lowest BCUT2D eigenvalue weighted by Crippen LogP contribution is -2.57. The molecular weight excluding hydrogens is 412 g/mol. The quantitative estimate of drug-likeness (QED) is 0.433. The SMILES string of the molecule is COc1cc(C)c(OC)c(C/C=C(\C)CC2=C[C@]3(C)CCC[C@]3(C)[C@@]3(C=CC(C)(C)O3)O2)c1. The van der Waals surface area contributed by atoms with Crippen molar-refractivity contribution >= 4 is 0 Å². The second kappa shape index (κ2) is 8.23. The zero-order valence-electron chi connectivity index (χ0n) is 21.6. The van der Waals surface area contributed by atoms with Crippen LogP contribution in [0.2, 0.25) is 0 Å². The van der Waals surface area contributed by atoms with Crippen molar-refractivity contribution in [2.24, 2.45) is 10.8 Å². The summed E-state index contributed by atoms with van der Waals surface area (Å²) < 4.78 is 24.5. The van der Waals surface area contributed by atoms with Crippen LogP contribution in [0, 0.1) is 17.8 Å². The van der Waals surface area contributed by atoms with Gasteiger partial charge in [-0.05, 0) is 76.8 Å². The molecule has 33 heavy (non-hydrogen) atoms. The van der Waals surface area contributed by atoms with E-state index in [9.17, 15) is 0 Å². The van der Waals surface area contributed by atoms with Gasteiger partial charge in [-0.1, -0.05) is 38.0 Å². The molecule has 2 aliphatic heterocycles. The normalized spacial score (nSPS) is 32.5. The van der Waals surface area contributed by atoms with E-state index in [0.29, 0.717) is 0 Å². The largest absolute Gasteiger partial charge is 0.497 e. The van der Waals surface area contributed by atoms with Crippen LogP contribution in [-0.4, -0.2) is 25.6 Å². The van der Waals surface area contributed by atoms with Crippen LogP contribution in [-0.2, 0) is 15.9 Å². The molecule has 3 atom stereocenters. The zero-order valence-corrected chi connectivity index (χ0v) is 21.6. The van der Waals surface area contributed by atoms with E-state index in [4.69, 9.17) is 18.9 Å². The summed E-state index contributed by atoms with van der Waals surface area (Å²) in [6.45, 7) is 13.2. The van der Waals surface area contributed by atoms with Gasteiger partial charge in [0.15, 0.2) is 0 Å². The van der Waals surface area contributed by atoms with Crippen LogP contribution in [0.5, 0.6) is 11.5 Å². The van der Waals surface area contributed by atoms with E-state index in [2.05, 4.69) is 71.9 Å². The fourth-order valence-electron chi connectivity index (χ4n) is 6.08. The molecule has 0 saturated heterocycles. The third-order valence-electron chi connectivity index (χ3n) is 8.17. The number of hydrogen-bond acceptors (Lipinski definition) is 4. The highest BCUT2D eigenvalue weighted by Gasteiger charge is 2.66. The highest BCUT2D eigenvalue weighted by Crippen LogP contribution is 2.66. The molecule has 1 aromatic carbocycles.